The van der Waals surface area contributed by atoms with Crippen LogP contribution in [-0.2, 0) is 14.2 Å². The van der Waals surface area contributed by atoms with Gasteiger partial charge in [-0.2, -0.15) is 0 Å². The molecule has 0 saturated carbocycles. The Morgan fingerprint density at radius 3 is 2.38 bits per heavy atom. The Hall–Kier alpha value is -0.255. The first-order chi connectivity index (χ1) is 6.35. The molecule has 1 spiro atoms. The van der Waals surface area contributed by atoms with E-state index in [1.807, 2.05) is 0 Å². The third kappa shape index (κ3) is 1.98. The molecule has 0 aromatic carbocycles. The number of piperidine rings is 1. The predicted octanol–water partition coefficient (Wildman–Crippen LogP) is -0.167. The first-order valence-corrected chi connectivity index (χ1v) is 4.79. The monoisotopic (exact) mass is 183 g/mol. The molecule has 72 valence electrons. The van der Waals surface area contributed by atoms with Crippen LogP contribution in [0.15, 0.2) is 0 Å². The van der Waals surface area contributed by atoms with Gasteiger partial charge in [0.2, 0.25) is 0 Å². The van der Waals surface area contributed by atoms with Crippen LogP contribution in [0, 0.1) is 0 Å². The van der Waals surface area contributed by atoms with Crippen molar-refractivity contribution < 1.29 is 14.2 Å². The van der Waals surface area contributed by atoms with Crippen molar-refractivity contribution in [1.29, 1.82) is 0 Å². The maximum absolute atomic E-state index is 10.3. The summed E-state index contributed by atoms with van der Waals surface area (Å²) in [6.07, 6.45) is 2.32. The molecule has 2 aliphatic rings. The molecule has 0 unspecified atom stereocenters. The Morgan fingerprint density at radius 2 is 1.85 bits per heavy atom. The summed E-state index contributed by atoms with van der Waals surface area (Å²) in [6.45, 7) is 3.23. The van der Waals surface area contributed by atoms with E-state index in [2.05, 4.69) is 4.90 Å². The summed E-state index contributed by atoms with van der Waals surface area (Å²) in [5.41, 5.74) is 0. The van der Waals surface area contributed by atoms with E-state index in [0.29, 0.717) is 19.7 Å². The summed E-state index contributed by atoms with van der Waals surface area (Å²) in [4.78, 5) is 2.13. The Kier molecular flexibility index (Phi) is 2.76. The molecule has 2 aliphatic heterocycles. The first kappa shape index (κ1) is 9.31. The van der Waals surface area contributed by atoms with Crippen LogP contribution in [-0.4, -0.2) is 50.6 Å². The van der Waals surface area contributed by atoms with Gasteiger partial charge in [0.15, 0.2) is 0 Å². The van der Waals surface area contributed by atoms with Crippen molar-refractivity contribution in [3.8, 4) is 0 Å². The summed E-state index contributed by atoms with van der Waals surface area (Å²) >= 11 is 0. The zero-order valence-electron chi connectivity index (χ0n) is 7.70. The summed E-state index contributed by atoms with van der Waals surface area (Å²) in [6, 6.07) is 0. The molecule has 0 N–H and O–H groups in total. The van der Waals surface area contributed by atoms with Crippen molar-refractivity contribution in [3.63, 3.8) is 0 Å². The van der Waals surface area contributed by atoms with Gasteiger partial charge in [-0.3, -0.25) is 0 Å². The minimum absolute atomic E-state index is 0.306. The molecular formula is C8H14BNO3. The van der Waals surface area contributed by atoms with E-state index >= 15 is 0 Å². The second kappa shape index (κ2) is 3.86. The van der Waals surface area contributed by atoms with E-state index in [4.69, 9.17) is 9.47 Å². The Morgan fingerprint density at radius 1 is 1.23 bits per heavy atom. The van der Waals surface area contributed by atoms with Gasteiger partial charge in [0, 0.05) is 0 Å². The fourth-order valence-electron chi connectivity index (χ4n) is 1.97. The van der Waals surface area contributed by atoms with Gasteiger partial charge in [-0.05, 0) is 0 Å². The normalized spacial score (nSPS) is 27.7. The van der Waals surface area contributed by atoms with Crippen molar-refractivity contribution in [1.82, 2.24) is 4.90 Å². The van der Waals surface area contributed by atoms with Crippen LogP contribution in [0.25, 0.3) is 0 Å². The van der Waals surface area contributed by atoms with Crippen molar-refractivity contribution >= 4 is 7.15 Å². The van der Waals surface area contributed by atoms with Gasteiger partial charge < -0.3 is 0 Å². The molecule has 0 bridgehead atoms. The molecule has 2 saturated heterocycles. The van der Waals surface area contributed by atoms with Crippen LogP contribution in [0.3, 0.4) is 0 Å². The van der Waals surface area contributed by atoms with E-state index in [9.17, 15) is 4.70 Å². The van der Waals surface area contributed by atoms with Gasteiger partial charge in [0.1, 0.15) is 0 Å². The Bertz CT molecular complexity index is 184. The SMILES string of the molecule is O=BCN1CCC2(CC1)OCCO2. The molecule has 5 heteroatoms. The van der Waals surface area contributed by atoms with E-state index in [1.54, 1.807) is 0 Å². The van der Waals surface area contributed by atoms with E-state index < -0.39 is 0 Å². The van der Waals surface area contributed by atoms with Gasteiger partial charge in [-0.1, -0.05) is 0 Å². The molecule has 2 fully saturated rings. The third-order valence-electron chi connectivity index (χ3n) is 2.76. The summed E-state index contributed by atoms with van der Waals surface area (Å²) in [5, 5.41) is 0. The molecule has 0 radical (unpaired) electrons. The number of nitrogens with zero attached hydrogens (tertiary/aromatic N) is 1. The Balaban J connectivity index is 1.84. The average molecular weight is 183 g/mol. The van der Waals surface area contributed by atoms with Crippen molar-refractivity contribution in [2.24, 2.45) is 0 Å². The standard InChI is InChI=1S/C8H14BNO3/c11-9-7-10-3-1-8(2-4-10)12-5-6-13-8/h1-7H2. The van der Waals surface area contributed by atoms with Gasteiger partial charge in [-0.15, -0.1) is 0 Å². The van der Waals surface area contributed by atoms with Gasteiger partial charge in [0.25, 0.3) is 0 Å². The molecule has 13 heavy (non-hydrogen) atoms. The molecular weight excluding hydrogens is 169 g/mol. The summed E-state index contributed by atoms with van der Waals surface area (Å²) in [5.74, 6) is -0.306. The van der Waals surface area contributed by atoms with E-state index in [-0.39, 0.29) is 5.79 Å². The zero-order chi connectivity index (χ0) is 9.15. The number of hydrogen-bond donors (Lipinski definition) is 0. The first-order valence-electron chi connectivity index (χ1n) is 4.79. The quantitative estimate of drug-likeness (QED) is 0.557. The molecule has 0 aromatic rings. The number of hydrogen-bond acceptors (Lipinski definition) is 4. The van der Waals surface area contributed by atoms with Crippen LogP contribution in [0.5, 0.6) is 0 Å². The van der Waals surface area contributed by atoms with Gasteiger partial charge in [0.05, 0.1) is 0 Å². The maximum atomic E-state index is 10.3. The third-order valence-corrected chi connectivity index (χ3v) is 2.76. The number of rotatable bonds is 2. The fourth-order valence-corrected chi connectivity index (χ4v) is 1.97. The van der Waals surface area contributed by atoms with E-state index in [1.165, 1.54) is 0 Å². The van der Waals surface area contributed by atoms with Crippen molar-refractivity contribution in [2.45, 2.75) is 18.6 Å². The Labute approximate surface area is 78.4 Å². The molecule has 0 aromatic heterocycles. The number of ether oxygens (including phenoxy) is 2. The van der Waals surface area contributed by atoms with Gasteiger partial charge in [-0.25, -0.2) is 0 Å². The fraction of sp³-hybridized carbons (Fsp3) is 1.00. The molecule has 0 amide bonds. The van der Waals surface area contributed by atoms with E-state index in [0.717, 1.165) is 33.1 Å². The molecule has 0 atom stereocenters. The molecule has 4 nitrogen and oxygen atoms in total. The number of likely N-dealkylation sites (tertiary alicyclic amines) is 1. The molecule has 2 rings (SSSR count). The predicted molar refractivity (Wildman–Crippen MR) is 46.7 cm³/mol. The molecule has 2 heterocycles. The summed E-state index contributed by atoms with van der Waals surface area (Å²) < 4.78 is 21.4. The second-order valence-electron chi connectivity index (χ2n) is 3.57. The van der Waals surface area contributed by atoms with Crippen LogP contribution < -0.4 is 0 Å². The van der Waals surface area contributed by atoms with Crippen molar-refractivity contribution in [2.75, 3.05) is 32.7 Å². The van der Waals surface area contributed by atoms with Crippen LogP contribution in [0.4, 0.5) is 0 Å². The summed E-state index contributed by atoms with van der Waals surface area (Å²) in [7, 11) is 0.953. The van der Waals surface area contributed by atoms with Crippen LogP contribution >= 0.6 is 0 Å². The van der Waals surface area contributed by atoms with Crippen molar-refractivity contribution in [3.05, 3.63) is 0 Å². The van der Waals surface area contributed by atoms with Gasteiger partial charge >= 0.3 is 77.6 Å². The topological polar surface area (TPSA) is 38.8 Å². The minimum atomic E-state index is -0.306. The zero-order valence-corrected chi connectivity index (χ0v) is 7.70. The average Bonchev–Trinajstić information content (AvgIpc) is 2.59. The second-order valence-corrected chi connectivity index (χ2v) is 3.57. The molecule has 0 aliphatic carbocycles. The van der Waals surface area contributed by atoms with Crippen LogP contribution in [0.1, 0.15) is 12.8 Å². The van der Waals surface area contributed by atoms with Crippen LogP contribution in [0.2, 0.25) is 0 Å².